The fraction of sp³-hybridized carbons (Fsp3) is 0.750. The predicted molar refractivity (Wildman–Crippen MR) is 130 cm³/mol. The van der Waals surface area contributed by atoms with Crippen molar-refractivity contribution in [3.05, 3.63) is 35.9 Å². The second kappa shape index (κ2) is 17.5. The van der Waals surface area contributed by atoms with Gasteiger partial charge in [-0.1, -0.05) is 115 Å². The number of rotatable bonds is 19. The minimum absolute atomic E-state index is 0.173. The third-order valence-electron chi connectivity index (χ3n) is 6.40. The normalized spacial score (nSPS) is 13.5. The summed E-state index contributed by atoms with van der Waals surface area (Å²) in [6, 6.07) is 10.8. The molecule has 0 aliphatic heterocycles. The first kappa shape index (κ1) is 26.9. The van der Waals surface area contributed by atoms with Crippen LogP contribution in [0.3, 0.4) is 0 Å². The quantitative estimate of drug-likeness (QED) is 0.233. The molecule has 0 bridgehead atoms. The number of carbonyl (C=O) groups excluding carboxylic acids is 1. The van der Waals surface area contributed by atoms with E-state index in [1.54, 1.807) is 0 Å². The van der Waals surface area contributed by atoms with E-state index in [-0.39, 0.29) is 17.6 Å². The van der Waals surface area contributed by atoms with Crippen molar-refractivity contribution in [2.45, 2.75) is 123 Å². The second-order valence-electron chi connectivity index (χ2n) is 9.44. The van der Waals surface area contributed by atoms with E-state index in [2.05, 4.69) is 30.3 Å². The Morgan fingerprint density at radius 3 is 1.70 bits per heavy atom. The molecule has 0 amide bonds. The van der Waals surface area contributed by atoms with Crippen LogP contribution in [0.25, 0.3) is 0 Å². The van der Waals surface area contributed by atoms with Crippen molar-refractivity contribution in [2.75, 3.05) is 0 Å². The summed E-state index contributed by atoms with van der Waals surface area (Å²) in [5, 5.41) is 10.1. The number of aryl methyl sites for hydroxylation is 1. The Balaban J connectivity index is 1.87. The summed E-state index contributed by atoms with van der Waals surface area (Å²) in [7, 11) is 0. The van der Waals surface area contributed by atoms with Gasteiger partial charge in [0.1, 0.15) is 5.78 Å². The lowest BCUT2D eigenvalue weighted by atomic mass is 9.83. The average molecular weight is 417 g/mol. The van der Waals surface area contributed by atoms with Gasteiger partial charge < -0.3 is 5.11 Å². The molecule has 2 nitrogen and oxygen atoms in total. The highest BCUT2D eigenvalue weighted by Gasteiger charge is 2.27. The average Bonchev–Trinajstić information content (AvgIpc) is 2.74. The summed E-state index contributed by atoms with van der Waals surface area (Å²) in [6.45, 7) is 6.05. The van der Waals surface area contributed by atoms with Crippen LogP contribution in [-0.2, 0) is 11.2 Å². The Bertz CT molecular complexity index is 523. The van der Waals surface area contributed by atoms with Crippen LogP contribution in [-0.4, -0.2) is 17.0 Å². The van der Waals surface area contributed by atoms with Gasteiger partial charge in [0, 0.05) is 12.3 Å². The Labute approximate surface area is 186 Å². The maximum Gasteiger partial charge on any atom is 0.138 e. The fourth-order valence-electron chi connectivity index (χ4n) is 4.49. The molecule has 1 aromatic carbocycles. The lowest BCUT2D eigenvalue weighted by Crippen LogP contribution is -2.32. The van der Waals surface area contributed by atoms with Crippen LogP contribution in [0, 0.1) is 11.8 Å². The molecule has 30 heavy (non-hydrogen) atoms. The molecule has 2 heteroatoms. The van der Waals surface area contributed by atoms with Gasteiger partial charge in [0.2, 0.25) is 0 Å². The predicted octanol–water partition coefficient (Wildman–Crippen LogP) is 7.91. The molecule has 1 rings (SSSR count). The van der Waals surface area contributed by atoms with Crippen molar-refractivity contribution in [1.29, 1.82) is 0 Å². The van der Waals surface area contributed by atoms with Gasteiger partial charge in [0.25, 0.3) is 0 Å². The summed E-state index contributed by atoms with van der Waals surface area (Å²) >= 11 is 0. The van der Waals surface area contributed by atoms with E-state index in [1.165, 1.54) is 76.2 Å². The van der Waals surface area contributed by atoms with Crippen LogP contribution >= 0.6 is 0 Å². The number of Topliss-reactive ketones (excluding diaryl/α,β-unsaturated/α-hetero) is 1. The second-order valence-corrected chi connectivity index (χ2v) is 9.44. The number of ketones is 1. The highest BCUT2D eigenvalue weighted by Crippen LogP contribution is 2.22. The molecule has 0 saturated carbocycles. The van der Waals surface area contributed by atoms with E-state index in [1.807, 2.05) is 20.8 Å². The van der Waals surface area contributed by atoms with Crippen LogP contribution in [0.15, 0.2) is 30.3 Å². The van der Waals surface area contributed by atoms with Gasteiger partial charge in [-0.3, -0.25) is 4.79 Å². The van der Waals surface area contributed by atoms with Crippen LogP contribution in [0.5, 0.6) is 0 Å². The first-order chi connectivity index (χ1) is 14.6. The highest BCUT2D eigenvalue weighted by molar-refractivity contribution is 5.81. The molecular weight excluding hydrogens is 368 g/mol. The van der Waals surface area contributed by atoms with Crippen LogP contribution in [0.2, 0.25) is 0 Å². The van der Waals surface area contributed by atoms with Crippen molar-refractivity contribution in [1.82, 2.24) is 0 Å². The number of hydrogen-bond acceptors (Lipinski definition) is 2. The number of carbonyl (C=O) groups is 1. The summed E-state index contributed by atoms with van der Waals surface area (Å²) in [6.07, 6.45) is 17.7. The zero-order valence-electron chi connectivity index (χ0n) is 20.1. The minimum atomic E-state index is -0.471. The number of hydrogen-bond donors (Lipinski definition) is 1. The number of aliphatic hydroxyl groups excluding tert-OH is 1. The monoisotopic (exact) mass is 416 g/mol. The maximum absolute atomic E-state index is 12.4. The van der Waals surface area contributed by atoms with Crippen LogP contribution in [0.1, 0.15) is 116 Å². The van der Waals surface area contributed by atoms with Crippen molar-refractivity contribution >= 4 is 5.78 Å². The van der Waals surface area contributed by atoms with Gasteiger partial charge in [-0.2, -0.15) is 0 Å². The number of unbranched alkanes of at least 4 members (excludes halogenated alkanes) is 11. The van der Waals surface area contributed by atoms with E-state index in [4.69, 9.17) is 0 Å². The summed E-state index contributed by atoms with van der Waals surface area (Å²) in [4.78, 5) is 12.4. The van der Waals surface area contributed by atoms with Gasteiger partial charge in [-0.05, 0) is 37.2 Å². The van der Waals surface area contributed by atoms with Gasteiger partial charge in [0.05, 0.1) is 6.10 Å². The first-order valence-corrected chi connectivity index (χ1v) is 12.8. The van der Waals surface area contributed by atoms with Crippen molar-refractivity contribution < 1.29 is 9.90 Å². The standard InChI is InChI=1S/C28H48O2/c1-4-26(29)28(24(2)3)27(30)23-19-14-12-10-8-6-5-7-9-11-13-16-20-25-21-17-15-18-22-25/h15,17-18,21-22,24,26,28-29H,4-14,16,19-20,23H2,1-3H3. The molecule has 0 saturated heterocycles. The van der Waals surface area contributed by atoms with E-state index in [0.717, 1.165) is 12.8 Å². The smallest absolute Gasteiger partial charge is 0.138 e. The van der Waals surface area contributed by atoms with Crippen LogP contribution in [0.4, 0.5) is 0 Å². The van der Waals surface area contributed by atoms with Crippen molar-refractivity contribution in [3.63, 3.8) is 0 Å². The molecule has 0 heterocycles. The third-order valence-corrected chi connectivity index (χ3v) is 6.40. The van der Waals surface area contributed by atoms with E-state index in [9.17, 15) is 9.90 Å². The van der Waals surface area contributed by atoms with Gasteiger partial charge in [0.15, 0.2) is 0 Å². The molecule has 0 spiro atoms. The summed E-state index contributed by atoms with van der Waals surface area (Å²) < 4.78 is 0. The topological polar surface area (TPSA) is 37.3 Å². The molecule has 1 aromatic rings. The zero-order chi connectivity index (χ0) is 22.0. The maximum atomic E-state index is 12.4. The van der Waals surface area contributed by atoms with Gasteiger partial charge in [-0.25, -0.2) is 0 Å². The zero-order valence-corrected chi connectivity index (χ0v) is 20.1. The third kappa shape index (κ3) is 12.5. The Morgan fingerprint density at radius 1 is 0.767 bits per heavy atom. The van der Waals surface area contributed by atoms with Crippen molar-refractivity contribution in [3.8, 4) is 0 Å². The SMILES string of the molecule is CCC(O)C(C(=O)CCCCCCCCCCCCCCc1ccccc1)C(C)C. The molecule has 0 fully saturated rings. The van der Waals surface area contributed by atoms with E-state index >= 15 is 0 Å². The largest absolute Gasteiger partial charge is 0.392 e. The molecule has 2 atom stereocenters. The molecule has 0 aliphatic carbocycles. The van der Waals surface area contributed by atoms with Crippen molar-refractivity contribution in [2.24, 2.45) is 11.8 Å². The fourth-order valence-corrected chi connectivity index (χ4v) is 4.49. The number of benzene rings is 1. The van der Waals surface area contributed by atoms with E-state index < -0.39 is 6.10 Å². The molecule has 2 unspecified atom stereocenters. The molecule has 0 aromatic heterocycles. The summed E-state index contributed by atoms with van der Waals surface area (Å²) in [5.74, 6) is 0.327. The lowest BCUT2D eigenvalue weighted by molar-refractivity contribution is -0.128. The van der Waals surface area contributed by atoms with Gasteiger partial charge >= 0.3 is 0 Å². The highest BCUT2D eigenvalue weighted by atomic mass is 16.3. The minimum Gasteiger partial charge on any atom is -0.392 e. The molecule has 172 valence electrons. The Kier molecular flexibility index (Phi) is 15.7. The molecule has 0 radical (unpaired) electrons. The Morgan fingerprint density at radius 2 is 1.23 bits per heavy atom. The summed E-state index contributed by atoms with van der Waals surface area (Å²) in [5.41, 5.74) is 1.47. The van der Waals surface area contributed by atoms with Crippen LogP contribution < -0.4 is 0 Å². The number of aliphatic hydroxyl groups is 1. The first-order valence-electron chi connectivity index (χ1n) is 12.8. The Hall–Kier alpha value is -1.15. The van der Waals surface area contributed by atoms with E-state index in [0.29, 0.717) is 12.8 Å². The molecular formula is C28H48O2. The van der Waals surface area contributed by atoms with Gasteiger partial charge in [-0.15, -0.1) is 0 Å². The lowest BCUT2D eigenvalue weighted by Gasteiger charge is -2.24. The molecule has 0 aliphatic rings. The molecule has 1 N–H and O–H groups in total.